The lowest BCUT2D eigenvalue weighted by Crippen LogP contribution is -2.40. The quantitative estimate of drug-likeness (QED) is 0.125. The number of carbonyl (C=O) groups is 1. The fraction of sp³-hybridized carbons (Fsp3) is 0.905. The molecular weight excluding hydrogens is 382 g/mol. The third kappa shape index (κ3) is 8.93. The molecular formula is C21H38ClNOS2. The number of carbonyl (C=O) groups excluding carboxylic acids is 1. The van der Waals surface area contributed by atoms with Gasteiger partial charge in [0.1, 0.15) is 9.82 Å². The van der Waals surface area contributed by atoms with Crippen molar-refractivity contribution in [1.82, 2.24) is 4.90 Å². The van der Waals surface area contributed by atoms with Gasteiger partial charge in [0.05, 0.1) is 4.75 Å². The Morgan fingerprint density at radius 3 is 1.77 bits per heavy atom. The maximum Gasteiger partial charge on any atom is 0.229 e. The van der Waals surface area contributed by atoms with E-state index in [2.05, 4.69) is 6.92 Å². The molecule has 1 unspecified atom stereocenters. The Hall–Kier alpha value is 0.200. The number of thioether (sulfide) groups is 1. The van der Waals surface area contributed by atoms with Crippen molar-refractivity contribution in [3.63, 3.8) is 0 Å². The summed E-state index contributed by atoms with van der Waals surface area (Å²) in [5, 5.41) is 0. The molecule has 1 heterocycles. The van der Waals surface area contributed by atoms with Crippen LogP contribution in [0.4, 0.5) is 0 Å². The third-order valence-corrected chi connectivity index (χ3v) is 7.55. The highest BCUT2D eigenvalue weighted by Crippen LogP contribution is 2.43. The Balaban J connectivity index is 1.96. The molecule has 1 amide bonds. The third-order valence-electron chi connectivity index (χ3n) is 5.11. The van der Waals surface area contributed by atoms with Gasteiger partial charge in [-0.3, -0.25) is 9.69 Å². The monoisotopic (exact) mass is 419 g/mol. The molecule has 0 aromatic rings. The van der Waals surface area contributed by atoms with E-state index in [-0.39, 0.29) is 16.2 Å². The van der Waals surface area contributed by atoms with Gasteiger partial charge in [-0.05, 0) is 20.3 Å². The average molecular weight is 420 g/mol. The van der Waals surface area contributed by atoms with Gasteiger partial charge in [-0.1, -0.05) is 120 Å². The Morgan fingerprint density at radius 1 is 0.962 bits per heavy atom. The van der Waals surface area contributed by atoms with Gasteiger partial charge in [0.15, 0.2) is 0 Å². The Labute approximate surface area is 176 Å². The molecule has 0 aromatic heterocycles. The molecule has 1 fully saturated rings. The van der Waals surface area contributed by atoms with Crippen LogP contribution >= 0.6 is 35.6 Å². The first kappa shape index (κ1) is 24.2. The van der Waals surface area contributed by atoms with Crippen LogP contribution in [-0.2, 0) is 4.79 Å². The van der Waals surface area contributed by atoms with Crippen molar-refractivity contribution in [2.75, 3.05) is 0 Å². The summed E-state index contributed by atoms with van der Waals surface area (Å²) in [6, 6.07) is 0. The summed E-state index contributed by atoms with van der Waals surface area (Å²) in [5.41, 5.74) is -0.325. The minimum Gasteiger partial charge on any atom is -0.279 e. The van der Waals surface area contributed by atoms with Crippen molar-refractivity contribution in [1.29, 1.82) is 0 Å². The predicted molar refractivity (Wildman–Crippen MR) is 121 cm³/mol. The van der Waals surface area contributed by atoms with Crippen molar-refractivity contribution in [2.24, 2.45) is 0 Å². The van der Waals surface area contributed by atoms with E-state index in [1.807, 2.05) is 13.8 Å². The lowest BCUT2D eigenvalue weighted by molar-refractivity contribution is -0.127. The number of hydrogen-bond acceptors (Lipinski definition) is 3. The highest BCUT2D eigenvalue weighted by atomic mass is 35.5. The Bertz CT molecular complexity index is 428. The van der Waals surface area contributed by atoms with E-state index in [0.29, 0.717) is 10.7 Å². The summed E-state index contributed by atoms with van der Waals surface area (Å²) in [7, 11) is 0. The number of unbranched alkanes of at least 4 members (excludes halogenated alkanes) is 12. The summed E-state index contributed by atoms with van der Waals surface area (Å²) < 4.78 is 0.444. The molecule has 0 aliphatic carbocycles. The van der Waals surface area contributed by atoms with E-state index in [4.69, 9.17) is 23.8 Å². The number of halogens is 1. The highest BCUT2D eigenvalue weighted by molar-refractivity contribution is 8.24. The zero-order valence-electron chi connectivity index (χ0n) is 17.0. The first-order valence-electron chi connectivity index (χ1n) is 10.6. The van der Waals surface area contributed by atoms with Crippen molar-refractivity contribution in [3.8, 4) is 0 Å². The molecule has 0 radical (unpaired) electrons. The smallest absolute Gasteiger partial charge is 0.229 e. The second-order valence-corrected chi connectivity index (χ2v) is 10.8. The zero-order chi connectivity index (χ0) is 19.4. The molecule has 2 nitrogen and oxygen atoms in total. The molecule has 0 aromatic carbocycles. The number of thiocarbonyl (C=S) groups is 1. The zero-order valence-corrected chi connectivity index (χ0v) is 19.4. The summed E-state index contributed by atoms with van der Waals surface area (Å²) in [6.07, 6.45) is 17.7. The van der Waals surface area contributed by atoms with Gasteiger partial charge in [0.25, 0.3) is 0 Å². The maximum atomic E-state index is 12.4. The van der Waals surface area contributed by atoms with Crippen LogP contribution in [0.1, 0.15) is 111 Å². The first-order valence-corrected chi connectivity index (χ1v) is 12.3. The number of amides is 1. The molecule has 0 spiro atoms. The molecule has 152 valence electrons. The molecule has 1 aliphatic heterocycles. The van der Waals surface area contributed by atoms with E-state index in [1.54, 1.807) is 4.90 Å². The predicted octanol–water partition coefficient (Wildman–Crippen LogP) is 7.67. The minimum atomic E-state index is -0.325. The fourth-order valence-corrected chi connectivity index (χ4v) is 5.63. The first-order chi connectivity index (χ1) is 12.4. The fourth-order valence-electron chi connectivity index (χ4n) is 3.37. The van der Waals surface area contributed by atoms with Crippen LogP contribution in [0.3, 0.4) is 0 Å². The topological polar surface area (TPSA) is 20.3 Å². The number of nitrogens with zero attached hydrogens (tertiary/aromatic N) is 1. The number of hydrogen-bond donors (Lipinski definition) is 0. The molecule has 0 N–H and O–H groups in total. The molecule has 0 bridgehead atoms. The van der Waals surface area contributed by atoms with Gasteiger partial charge in [-0.2, -0.15) is 0 Å². The van der Waals surface area contributed by atoms with E-state index in [9.17, 15) is 4.79 Å². The van der Waals surface area contributed by atoms with Crippen molar-refractivity contribution in [3.05, 3.63) is 0 Å². The molecule has 0 saturated carbocycles. The van der Waals surface area contributed by atoms with E-state index < -0.39 is 0 Å². The Morgan fingerprint density at radius 2 is 1.38 bits per heavy atom. The lowest BCUT2D eigenvalue weighted by Gasteiger charge is -2.24. The molecule has 1 aliphatic rings. The normalized spacial score (nSPS) is 19.3. The van der Waals surface area contributed by atoms with Gasteiger partial charge in [0.2, 0.25) is 5.91 Å². The summed E-state index contributed by atoms with van der Waals surface area (Å²) in [5.74, 6) is 0.0937. The summed E-state index contributed by atoms with van der Waals surface area (Å²) in [6.45, 7) is 6.35. The average Bonchev–Trinajstić information content (AvgIpc) is 2.79. The van der Waals surface area contributed by atoms with Crippen molar-refractivity contribution >= 4 is 45.8 Å². The number of rotatable bonds is 14. The Kier molecular flexibility index (Phi) is 12.5. The maximum absolute atomic E-state index is 12.4. The van der Waals surface area contributed by atoms with Crippen molar-refractivity contribution < 1.29 is 4.79 Å². The largest absolute Gasteiger partial charge is 0.279 e. The molecule has 1 rings (SSSR count). The van der Waals surface area contributed by atoms with Crippen LogP contribution in [0.25, 0.3) is 0 Å². The van der Waals surface area contributed by atoms with Crippen molar-refractivity contribution in [2.45, 2.75) is 121 Å². The van der Waals surface area contributed by atoms with E-state index in [1.165, 1.54) is 82.4 Å². The molecule has 1 atom stereocenters. The standard InChI is InChI=1S/C21H38ClNOS2/c1-4-5-6-7-8-9-10-11-12-13-14-15-16-17-18(24)23-19(22)21(2,3)26-20(23)25/h19H,4-17H2,1-3H3. The summed E-state index contributed by atoms with van der Waals surface area (Å²) in [4.78, 5) is 14.0. The van der Waals surface area contributed by atoms with Crippen LogP contribution in [0.15, 0.2) is 0 Å². The lowest BCUT2D eigenvalue weighted by atomic mass is 10.0. The molecule has 5 heteroatoms. The molecule has 1 saturated heterocycles. The van der Waals surface area contributed by atoms with Gasteiger partial charge < -0.3 is 0 Å². The SMILES string of the molecule is CCCCCCCCCCCCCCCC(=O)N1C(=S)SC(C)(C)C1Cl. The van der Waals surface area contributed by atoms with Crippen LogP contribution < -0.4 is 0 Å². The van der Waals surface area contributed by atoms with Gasteiger partial charge in [-0.25, -0.2) is 0 Å². The van der Waals surface area contributed by atoms with E-state index >= 15 is 0 Å². The van der Waals surface area contributed by atoms with Gasteiger partial charge in [-0.15, -0.1) is 0 Å². The van der Waals surface area contributed by atoms with E-state index in [0.717, 1.165) is 12.8 Å². The van der Waals surface area contributed by atoms with Crippen LogP contribution in [0.2, 0.25) is 0 Å². The van der Waals surface area contributed by atoms with Crippen LogP contribution in [0, 0.1) is 0 Å². The van der Waals surface area contributed by atoms with Crippen LogP contribution in [0.5, 0.6) is 0 Å². The second kappa shape index (κ2) is 13.4. The summed E-state index contributed by atoms with van der Waals surface area (Å²) >= 11 is 13.3. The molecule has 26 heavy (non-hydrogen) atoms. The van der Waals surface area contributed by atoms with Crippen LogP contribution in [-0.4, -0.2) is 25.4 Å². The van der Waals surface area contributed by atoms with Gasteiger partial charge in [0, 0.05) is 6.42 Å². The second-order valence-electron chi connectivity index (χ2n) is 8.06. The minimum absolute atomic E-state index is 0.0937. The number of alkyl halides is 1. The van der Waals surface area contributed by atoms with Gasteiger partial charge >= 0.3 is 0 Å². The highest BCUT2D eigenvalue weighted by Gasteiger charge is 2.45.